The molecule has 0 radical (unpaired) electrons. The maximum absolute atomic E-state index is 11.1. The van der Waals surface area contributed by atoms with Gasteiger partial charge < -0.3 is 4.74 Å². The summed E-state index contributed by atoms with van der Waals surface area (Å²) in [5.41, 5.74) is 0. The highest BCUT2D eigenvalue weighted by Crippen LogP contribution is 2.43. The summed E-state index contributed by atoms with van der Waals surface area (Å²) < 4.78 is 5.19. The van der Waals surface area contributed by atoms with Crippen molar-refractivity contribution in [1.82, 2.24) is 0 Å². The summed E-state index contributed by atoms with van der Waals surface area (Å²) in [5.74, 6) is 1.14. The van der Waals surface area contributed by atoms with Gasteiger partial charge in [-0.2, -0.15) is 0 Å². The summed E-state index contributed by atoms with van der Waals surface area (Å²) in [7, 11) is 1.70. The van der Waals surface area contributed by atoms with Crippen molar-refractivity contribution in [2.75, 3.05) is 7.11 Å². The molecule has 0 aromatic heterocycles. The standard InChI is InChI=1S/C8H12O2/c1-10-7-3-2-5-4-6(7)8(5)9/h5-7H,2-4H2,1H3/t5-,6-,7+/m1/s1. The first-order chi connectivity index (χ1) is 4.83. The number of carbonyl (C=O) groups excluding carboxylic acids is 1. The molecule has 0 spiro atoms. The van der Waals surface area contributed by atoms with Crippen LogP contribution < -0.4 is 0 Å². The Bertz CT molecular complexity index is 163. The Morgan fingerprint density at radius 2 is 2.30 bits per heavy atom. The molecule has 3 aliphatic rings. The molecule has 3 fully saturated rings. The van der Waals surface area contributed by atoms with Crippen molar-refractivity contribution in [3.05, 3.63) is 0 Å². The fraction of sp³-hybridized carbons (Fsp3) is 0.875. The molecule has 2 heteroatoms. The predicted molar refractivity (Wildman–Crippen MR) is 36.6 cm³/mol. The molecule has 0 amide bonds. The number of carbonyl (C=O) groups is 1. The second-order valence-corrected chi connectivity index (χ2v) is 3.29. The average molecular weight is 140 g/mol. The van der Waals surface area contributed by atoms with E-state index in [1.807, 2.05) is 0 Å². The van der Waals surface area contributed by atoms with E-state index in [0.717, 1.165) is 19.3 Å². The fourth-order valence-corrected chi connectivity index (χ4v) is 2.12. The Morgan fingerprint density at radius 3 is 2.70 bits per heavy atom. The molecule has 0 aliphatic heterocycles. The zero-order valence-electron chi connectivity index (χ0n) is 6.17. The largest absolute Gasteiger partial charge is 0.381 e. The molecule has 0 aromatic rings. The van der Waals surface area contributed by atoms with Crippen molar-refractivity contribution in [2.45, 2.75) is 25.4 Å². The van der Waals surface area contributed by atoms with Gasteiger partial charge in [0.05, 0.1) is 6.10 Å². The first kappa shape index (κ1) is 6.35. The lowest BCUT2D eigenvalue weighted by molar-refractivity contribution is -0.150. The number of Topliss-reactive ketones (excluding diaryl/α,β-unsaturated/α-hetero) is 1. The third kappa shape index (κ3) is 0.655. The molecule has 0 saturated heterocycles. The van der Waals surface area contributed by atoms with Crippen LogP contribution in [-0.2, 0) is 9.53 Å². The molecule has 3 atom stereocenters. The molecule has 2 nitrogen and oxygen atoms in total. The molecule has 3 saturated carbocycles. The minimum Gasteiger partial charge on any atom is -0.381 e. The van der Waals surface area contributed by atoms with Crippen molar-refractivity contribution < 1.29 is 9.53 Å². The predicted octanol–water partition coefficient (Wildman–Crippen LogP) is 1.00. The smallest absolute Gasteiger partial charge is 0.141 e. The van der Waals surface area contributed by atoms with Crippen molar-refractivity contribution >= 4 is 5.78 Å². The maximum atomic E-state index is 11.1. The van der Waals surface area contributed by atoms with Gasteiger partial charge >= 0.3 is 0 Å². The molecule has 0 unspecified atom stereocenters. The van der Waals surface area contributed by atoms with Gasteiger partial charge in [0.2, 0.25) is 0 Å². The topological polar surface area (TPSA) is 26.3 Å². The average Bonchev–Trinajstić information content (AvgIpc) is 2.03. The summed E-state index contributed by atoms with van der Waals surface area (Å²) in [5, 5.41) is 0. The van der Waals surface area contributed by atoms with Crippen LogP contribution in [0, 0.1) is 11.8 Å². The molecule has 3 aliphatic carbocycles. The molecular formula is C8H12O2. The van der Waals surface area contributed by atoms with E-state index in [1.165, 1.54) is 0 Å². The van der Waals surface area contributed by atoms with E-state index in [0.29, 0.717) is 11.7 Å². The molecule has 0 aromatic carbocycles. The highest BCUT2D eigenvalue weighted by atomic mass is 16.5. The molecule has 3 rings (SSSR count). The first-order valence-electron chi connectivity index (χ1n) is 3.89. The molecule has 0 N–H and O–H groups in total. The number of methoxy groups -OCH3 is 1. The number of hydrogen-bond donors (Lipinski definition) is 0. The monoisotopic (exact) mass is 140 g/mol. The molecule has 0 heterocycles. The number of ketones is 1. The van der Waals surface area contributed by atoms with Gasteiger partial charge in [0, 0.05) is 18.9 Å². The van der Waals surface area contributed by atoms with Gasteiger partial charge in [0.25, 0.3) is 0 Å². The lowest BCUT2D eigenvalue weighted by Crippen LogP contribution is -2.49. The van der Waals surface area contributed by atoms with Gasteiger partial charge in [-0.15, -0.1) is 0 Å². The van der Waals surface area contributed by atoms with Crippen molar-refractivity contribution in [2.24, 2.45) is 11.8 Å². The minimum atomic E-state index is 0.248. The lowest BCUT2D eigenvalue weighted by atomic mass is 9.62. The van der Waals surface area contributed by atoms with E-state index in [-0.39, 0.29) is 12.0 Å². The summed E-state index contributed by atoms with van der Waals surface area (Å²) in [6.07, 6.45) is 3.50. The van der Waals surface area contributed by atoms with E-state index in [1.54, 1.807) is 7.11 Å². The Kier molecular flexibility index (Phi) is 1.31. The first-order valence-corrected chi connectivity index (χ1v) is 3.89. The second-order valence-electron chi connectivity index (χ2n) is 3.29. The molecule has 10 heavy (non-hydrogen) atoms. The van der Waals surface area contributed by atoms with Crippen LogP contribution in [0.5, 0.6) is 0 Å². The molecule has 56 valence electrons. The summed E-state index contributed by atoms with van der Waals surface area (Å²) in [6, 6.07) is 0. The van der Waals surface area contributed by atoms with Crippen molar-refractivity contribution in [3.63, 3.8) is 0 Å². The van der Waals surface area contributed by atoms with Gasteiger partial charge in [-0.3, -0.25) is 4.79 Å². The van der Waals surface area contributed by atoms with Crippen LogP contribution in [0.1, 0.15) is 19.3 Å². The quantitative estimate of drug-likeness (QED) is 0.543. The fourth-order valence-electron chi connectivity index (χ4n) is 2.12. The van der Waals surface area contributed by atoms with Crippen LogP contribution >= 0.6 is 0 Å². The lowest BCUT2D eigenvalue weighted by Gasteiger charge is -2.43. The Morgan fingerprint density at radius 1 is 1.50 bits per heavy atom. The minimum absolute atomic E-state index is 0.248. The van der Waals surface area contributed by atoms with Gasteiger partial charge in [-0.1, -0.05) is 0 Å². The SMILES string of the molecule is CO[C@H]1CC[C@@H]2C[C@H]1C2=O. The maximum Gasteiger partial charge on any atom is 0.141 e. The van der Waals surface area contributed by atoms with Crippen molar-refractivity contribution in [1.29, 1.82) is 0 Å². The Balaban J connectivity index is 2.07. The van der Waals surface area contributed by atoms with Crippen molar-refractivity contribution in [3.8, 4) is 0 Å². The van der Waals surface area contributed by atoms with Gasteiger partial charge in [-0.25, -0.2) is 0 Å². The van der Waals surface area contributed by atoms with Crippen LogP contribution in [0.4, 0.5) is 0 Å². The molecule has 2 bridgehead atoms. The Hall–Kier alpha value is -0.370. The zero-order chi connectivity index (χ0) is 7.14. The van der Waals surface area contributed by atoms with Gasteiger partial charge in [0.15, 0.2) is 0 Å². The second kappa shape index (κ2) is 2.06. The molecular weight excluding hydrogens is 128 g/mol. The number of fused-ring (bicyclic) bond motifs is 2. The third-order valence-electron chi connectivity index (χ3n) is 2.86. The normalized spacial score (nSPS) is 44.9. The van der Waals surface area contributed by atoms with E-state index >= 15 is 0 Å². The van der Waals surface area contributed by atoms with E-state index in [4.69, 9.17) is 4.74 Å². The third-order valence-corrected chi connectivity index (χ3v) is 2.86. The number of ether oxygens (including phenoxy) is 1. The summed E-state index contributed by atoms with van der Waals surface area (Å²) in [4.78, 5) is 11.1. The van der Waals surface area contributed by atoms with Gasteiger partial charge in [-0.05, 0) is 19.3 Å². The van der Waals surface area contributed by atoms with Crippen LogP contribution in [-0.4, -0.2) is 19.0 Å². The van der Waals surface area contributed by atoms with Crippen LogP contribution in [0.15, 0.2) is 0 Å². The van der Waals surface area contributed by atoms with E-state index in [9.17, 15) is 4.79 Å². The number of hydrogen-bond acceptors (Lipinski definition) is 2. The van der Waals surface area contributed by atoms with Crippen LogP contribution in [0.2, 0.25) is 0 Å². The highest BCUT2D eigenvalue weighted by molar-refractivity contribution is 5.90. The summed E-state index contributed by atoms with van der Waals surface area (Å²) >= 11 is 0. The van der Waals surface area contributed by atoms with Gasteiger partial charge in [0.1, 0.15) is 5.78 Å². The van der Waals surface area contributed by atoms with E-state index in [2.05, 4.69) is 0 Å². The highest BCUT2D eigenvalue weighted by Gasteiger charge is 2.47. The zero-order valence-corrected chi connectivity index (χ0v) is 6.17. The summed E-state index contributed by atoms with van der Waals surface area (Å²) in [6.45, 7) is 0. The van der Waals surface area contributed by atoms with E-state index < -0.39 is 0 Å². The van der Waals surface area contributed by atoms with Crippen LogP contribution in [0.25, 0.3) is 0 Å². The van der Waals surface area contributed by atoms with Crippen LogP contribution in [0.3, 0.4) is 0 Å². The number of rotatable bonds is 1. The Labute approximate surface area is 60.6 Å².